The molecule has 0 saturated heterocycles. The summed E-state index contributed by atoms with van der Waals surface area (Å²) >= 11 is 0. The van der Waals surface area contributed by atoms with Gasteiger partial charge in [-0.15, -0.1) is 0 Å². The Morgan fingerprint density at radius 3 is 2.43 bits per heavy atom. The Balaban J connectivity index is 2.20. The fourth-order valence-corrected chi connectivity index (χ4v) is 2.01. The lowest BCUT2D eigenvalue weighted by Gasteiger charge is -2.12. The van der Waals surface area contributed by atoms with Crippen molar-refractivity contribution in [1.82, 2.24) is 0 Å². The van der Waals surface area contributed by atoms with Gasteiger partial charge in [0.05, 0.1) is 6.57 Å². The van der Waals surface area contributed by atoms with Gasteiger partial charge in [-0.25, -0.2) is 9.24 Å². The van der Waals surface area contributed by atoms with E-state index in [1.54, 1.807) is 18.2 Å². The van der Waals surface area contributed by atoms with Crippen LogP contribution in [0, 0.1) is 12.4 Å². The third-order valence-corrected chi connectivity index (χ3v) is 3.24. The molecule has 0 aliphatic heterocycles. The van der Waals surface area contributed by atoms with E-state index in [1.165, 1.54) is 12.1 Å². The topological polar surface area (TPSA) is 24.7 Å². The molecule has 2 aromatic rings. The van der Waals surface area contributed by atoms with Crippen LogP contribution in [-0.4, -0.2) is 19.9 Å². The standard InChI is InChI=1S/C17H15FN2O/c1-19-15-6-4-5-13(17(15)18)11-16(21)12-7-9-14(10-8-12)20(2)3/h4-10H,11H2,2-3H3. The lowest BCUT2D eigenvalue weighted by molar-refractivity contribution is 0.0992. The summed E-state index contributed by atoms with van der Waals surface area (Å²) in [6.07, 6.45) is -0.0451. The Labute approximate surface area is 123 Å². The first kappa shape index (κ1) is 14.7. The van der Waals surface area contributed by atoms with Crippen molar-refractivity contribution < 1.29 is 9.18 Å². The molecule has 0 unspecified atom stereocenters. The third-order valence-electron chi connectivity index (χ3n) is 3.24. The quantitative estimate of drug-likeness (QED) is 0.628. The predicted octanol–water partition coefficient (Wildman–Crippen LogP) is 3.87. The summed E-state index contributed by atoms with van der Waals surface area (Å²) in [5.74, 6) is -0.771. The number of ketones is 1. The lowest BCUT2D eigenvalue weighted by atomic mass is 10.0. The van der Waals surface area contributed by atoms with E-state index in [0.29, 0.717) is 5.56 Å². The molecule has 0 spiro atoms. The highest BCUT2D eigenvalue weighted by molar-refractivity contribution is 5.97. The molecular formula is C17H15FN2O. The molecule has 0 aromatic heterocycles. The maximum absolute atomic E-state index is 13.9. The molecule has 2 aromatic carbocycles. The minimum Gasteiger partial charge on any atom is -0.378 e. The highest BCUT2D eigenvalue weighted by Crippen LogP contribution is 2.22. The van der Waals surface area contributed by atoms with Crippen molar-refractivity contribution in [2.75, 3.05) is 19.0 Å². The van der Waals surface area contributed by atoms with Crippen molar-refractivity contribution in [3.05, 3.63) is 70.8 Å². The van der Waals surface area contributed by atoms with Crippen LogP contribution in [0.5, 0.6) is 0 Å². The molecule has 106 valence electrons. The number of hydrogen-bond acceptors (Lipinski definition) is 2. The Morgan fingerprint density at radius 2 is 1.86 bits per heavy atom. The Bertz CT molecular complexity index is 700. The number of Topliss-reactive ketones (excluding diaryl/α,β-unsaturated/α-hetero) is 1. The van der Waals surface area contributed by atoms with Gasteiger partial charge < -0.3 is 4.90 Å². The van der Waals surface area contributed by atoms with Gasteiger partial charge in [-0.05, 0) is 29.8 Å². The maximum Gasteiger partial charge on any atom is 0.222 e. The smallest absolute Gasteiger partial charge is 0.222 e. The van der Waals surface area contributed by atoms with Gasteiger partial charge in [-0.1, -0.05) is 18.2 Å². The molecule has 0 amide bonds. The molecule has 0 fully saturated rings. The van der Waals surface area contributed by atoms with Crippen LogP contribution in [0.1, 0.15) is 15.9 Å². The van der Waals surface area contributed by atoms with Crippen molar-refractivity contribution in [1.29, 1.82) is 0 Å². The van der Waals surface area contributed by atoms with Crippen molar-refractivity contribution in [2.24, 2.45) is 0 Å². The minimum atomic E-state index is -0.606. The average molecular weight is 282 g/mol. The van der Waals surface area contributed by atoms with E-state index in [2.05, 4.69) is 4.85 Å². The van der Waals surface area contributed by atoms with Crippen LogP contribution < -0.4 is 4.90 Å². The SMILES string of the molecule is [C-]#[N+]c1cccc(CC(=O)c2ccc(N(C)C)cc2)c1F. The molecule has 2 rings (SSSR count). The van der Waals surface area contributed by atoms with E-state index in [-0.39, 0.29) is 23.5 Å². The Morgan fingerprint density at radius 1 is 1.19 bits per heavy atom. The van der Waals surface area contributed by atoms with Gasteiger partial charge in [-0.2, -0.15) is 0 Å². The van der Waals surface area contributed by atoms with Crippen LogP contribution >= 0.6 is 0 Å². The van der Waals surface area contributed by atoms with Crippen LogP contribution in [0.4, 0.5) is 15.8 Å². The fourth-order valence-electron chi connectivity index (χ4n) is 2.01. The van der Waals surface area contributed by atoms with Crippen LogP contribution in [-0.2, 0) is 6.42 Å². The van der Waals surface area contributed by atoms with Crippen LogP contribution in [0.25, 0.3) is 4.85 Å². The molecule has 0 atom stereocenters. The summed E-state index contributed by atoms with van der Waals surface area (Å²) in [5, 5.41) is 0. The number of nitrogens with zero attached hydrogens (tertiary/aromatic N) is 2. The number of benzene rings is 2. The first-order chi connectivity index (χ1) is 10.0. The van der Waals surface area contributed by atoms with Crippen LogP contribution in [0.3, 0.4) is 0 Å². The van der Waals surface area contributed by atoms with Gasteiger partial charge in [0, 0.05) is 31.8 Å². The van der Waals surface area contributed by atoms with E-state index in [4.69, 9.17) is 6.57 Å². The van der Waals surface area contributed by atoms with E-state index < -0.39 is 5.82 Å². The summed E-state index contributed by atoms with van der Waals surface area (Å²) in [5.41, 5.74) is 1.73. The Kier molecular flexibility index (Phi) is 4.34. The van der Waals surface area contributed by atoms with Crippen LogP contribution in [0.2, 0.25) is 0 Å². The molecule has 0 saturated carbocycles. The second-order valence-corrected chi connectivity index (χ2v) is 4.90. The number of rotatable bonds is 4. The molecule has 0 aliphatic carbocycles. The van der Waals surface area contributed by atoms with Gasteiger partial charge in [-0.3, -0.25) is 4.79 Å². The number of carbonyl (C=O) groups is 1. The van der Waals surface area contributed by atoms with Gasteiger partial charge in [0.15, 0.2) is 5.78 Å². The maximum atomic E-state index is 13.9. The van der Waals surface area contributed by atoms with Gasteiger partial charge >= 0.3 is 0 Å². The molecule has 0 radical (unpaired) electrons. The zero-order valence-corrected chi connectivity index (χ0v) is 11.9. The first-order valence-corrected chi connectivity index (χ1v) is 6.48. The second kappa shape index (κ2) is 6.19. The number of halogens is 1. The largest absolute Gasteiger partial charge is 0.378 e. The molecule has 4 heteroatoms. The molecule has 0 bridgehead atoms. The van der Waals surface area contributed by atoms with E-state index in [1.807, 2.05) is 31.1 Å². The lowest BCUT2D eigenvalue weighted by Crippen LogP contribution is -2.09. The summed E-state index contributed by atoms with van der Waals surface area (Å²) in [6.45, 7) is 6.89. The van der Waals surface area contributed by atoms with E-state index in [9.17, 15) is 9.18 Å². The zero-order chi connectivity index (χ0) is 15.4. The Hall–Kier alpha value is -2.67. The predicted molar refractivity (Wildman–Crippen MR) is 81.5 cm³/mol. The van der Waals surface area contributed by atoms with Crippen molar-refractivity contribution >= 4 is 17.2 Å². The molecular weight excluding hydrogens is 267 g/mol. The fraction of sp³-hybridized carbons (Fsp3) is 0.176. The van der Waals surface area contributed by atoms with Crippen LogP contribution in [0.15, 0.2) is 42.5 Å². The molecule has 3 nitrogen and oxygen atoms in total. The number of anilines is 1. The summed E-state index contributed by atoms with van der Waals surface area (Å²) < 4.78 is 13.9. The molecule has 21 heavy (non-hydrogen) atoms. The number of hydrogen-bond donors (Lipinski definition) is 0. The van der Waals surface area contributed by atoms with E-state index >= 15 is 0 Å². The first-order valence-electron chi connectivity index (χ1n) is 6.48. The van der Waals surface area contributed by atoms with Crippen molar-refractivity contribution in [3.63, 3.8) is 0 Å². The minimum absolute atomic E-state index is 0.0451. The molecule has 0 aliphatic rings. The highest BCUT2D eigenvalue weighted by atomic mass is 19.1. The second-order valence-electron chi connectivity index (χ2n) is 4.90. The summed E-state index contributed by atoms with van der Waals surface area (Å²) in [7, 11) is 3.84. The van der Waals surface area contributed by atoms with Gasteiger partial charge in [0.1, 0.15) is 5.82 Å². The van der Waals surface area contributed by atoms with Gasteiger partial charge in [0.25, 0.3) is 0 Å². The number of carbonyl (C=O) groups excluding carboxylic acids is 1. The van der Waals surface area contributed by atoms with Crippen molar-refractivity contribution in [2.45, 2.75) is 6.42 Å². The van der Waals surface area contributed by atoms with Gasteiger partial charge in [0.2, 0.25) is 5.69 Å². The molecule has 0 N–H and O–H groups in total. The van der Waals surface area contributed by atoms with Crippen molar-refractivity contribution in [3.8, 4) is 0 Å². The monoisotopic (exact) mass is 282 g/mol. The molecule has 0 heterocycles. The average Bonchev–Trinajstić information content (AvgIpc) is 2.49. The zero-order valence-electron chi connectivity index (χ0n) is 11.9. The van der Waals surface area contributed by atoms with E-state index in [0.717, 1.165) is 5.69 Å². The normalized spacial score (nSPS) is 10.0. The highest BCUT2D eigenvalue weighted by Gasteiger charge is 2.13. The summed E-state index contributed by atoms with van der Waals surface area (Å²) in [6, 6.07) is 11.7. The summed E-state index contributed by atoms with van der Waals surface area (Å²) in [4.78, 5) is 17.2. The third kappa shape index (κ3) is 3.26.